The van der Waals surface area contributed by atoms with Gasteiger partial charge >= 0.3 is 0 Å². The number of amides is 1. The molecule has 0 saturated carbocycles. The first kappa shape index (κ1) is 16.6. The summed E-state index contributed by atoms with van der Waals surface area (Å²) in [6, 6.07) is 9.06. The third-order valence-electron chi connectivity index (χ3n) is 3.90. The summed E-state index contributed by atoms with van der Waals surface area (Å²) in [5, 5.41) is 4.21. The highest BCUT2D eigenvalue weighted by Crippen LogP contribution is 2.34. The fourth-order valence-corrected chi connectivity index (χ4v) is 3.15. The minimum atomic E-state index is -0.715. The van der Waals surface area contributed by atoms with E-state index in [2.05, 4.69) is 26.2 Å². The maximum atomic E-state index is 12.4. The molecule has 0 aliphatic heterocycles. The number of carbonyl (C=O) groups excluding carboxylic acids is 1. The first-order valence-corrected chi connectivity index (χ1v) is 8.34. The van der Waals surface area contributed by atoms with Crippen molar-refractivity contribution in [3.63, 3.8) is 0 Å². The average Bonchev–Trinajstić information content (AvgIpc) is 2.53. The van der Waals surface area contributed by atoms with Gasteiger partial charge < -0.3 is 22.5 Å². The van der Waals surface area contributed by atoms with Crippen molar-refractivity contribution in [3.8, 4) is 0 Å². The second kappa shape index (κ2) is 6.35. The Balaban J connectivity index is 2.46. The van der Waals surface area contributed by atoms with E-state index in [9.17, 15) is 4.79 Å². The Bertz CT molecular complexity index is 955. The Morgan fingerprint density at radius 3 is 2.71 bits per heavy atom. The van der Waals surface area contributed by atoms with E-state index in [0.29, 0.717) is 39.8 Å². The van der Waals surface area contributed by atoms with E-state index >= 15 is 0 Å². The van der Waals surface area contributed by atoms with Crippen molar-refractivity contribution in [1.82, 2.24) is 10.3 Å². The van der Waals surface area contributed by atoms with E-state index in [1.54, 1.807) is 12.1 Å². The monoisotopic (exact) mass is 387 g/mol. The molecule has 0 fully saturated rings. The Labute approximate surface area is 147 Å². The summed E-state index contributed by atoms with van der Waals surface area (Å²) in [7, 11) is 0. The van der Waals surface area contributed by atoms with Crippen molar-refractivity contribution in [2.45, 2.75) is 13.1 Å². The molecule has 24 heavy (non-hydrogen) atoms. The molecule has 0 saturated heterocycles. The highest BCUT2D eigenvalue weighted by atomic mass is 79.9. The molecular weight excluding hydrogens is 370 g/mol. The normalized spacial score (nSPS) is 11.4. The minimum Gasteiger partial charge on any atom is -0.398 e. The van der Waals surface area contributed by atoms with Gasteiger partial charge in [0.15, 0.2) is 0 Å². The second-order valence-electron chi connectivity index (χ2n) is 5.50. The number of nitrogens with two attached hydrogens (primary N) is 3. The molecule has 3 rings (SSSR count). The van der Waals surface area contributed by atoms with Crippen LogP contribution in [-0.2, 0) is 0 Å². The van der Waals surface area contributed by atoms with E-state index in [1.807, 2.05) is 25.1 Å². The van der Waals surface area contributed by atoms with Crippen LogP contribution in [0, 0.1) is 0 Å². The number of pyridine rings is 1. The summed E-state index contributed by atoms with van der Waals surface area (Å²) in [6.07, 6.45) is -0.715. The number of nitrogens with zero attached hydrogens (tertiary/aromatic N) is 1. The number of rotatable bonds is 3. The second-order valence-corrected chi connectivity index (χ2v) is 6.41. The number of hydrogen-bond donors (Lipinski definition) is 4. The molecule has 0 bridgehead atoms. The number of fused-ring (bicyclic) bond motifs is 2. The molecule has 0 spiro atoms. The van der Waals surface area contributed by atoms with Gasteiger partial charge in [-0.15, -0.1) is 0 Å². The van der Waals surface area contributed by atoms with Crippen molar-refractivity contribution in [2.24, 2.45) is 11.5 Å². The number of anilines is 1. The van der Waals surface area contributed by atoms with Gasteiger partial charge in [-0.2, -0.15) is 0 Å². The van der Waals surface area contributed by atoms with E-state index in [0.717, 1.165) is 9.86 Å². The SMILES string of the molecule is CCNC(=O)c1ccc(C(N)N)c2c(N)c3ccc(Br)cc3nc12. The molecule has 2 aromatic carbocycles. The summed E-state index contributed by atoms with van der Waals surface area (Å²) in [4.78, 5) is 17.1. The van der Waals surface area contributed by atoms with Crippen LogP contribution >= 0.6 is 15.9 Å². The van der Waals surface area contributed by atoms with Crippen LogP contribution in [0.15, 0.2) is 34.8 Å². The summed E-state index contributed by atoms with van der Waals surface area (Å²) in [5.41, 5.74) is 21.0. The van der Waals surface area contributed by atoms with Crippen LogP contribution in [0.5, 0.6) is 0 Å². The van der Waals surface area contributed by atoms with Crippen LogP contribution in [0.2, 0.25) is 0 Å². The molecule has 124 valence electrons. The topological polar surface area (TPSA) is 120 Å². The van der Waals surface area contributed by atoms with E-state index in [-0.39, 0.29) is 5.91 Å². The van der Waals surface area contributed by atoms with Crippen molar-refractivity contribution < 1.29 is 4.79 Å². The molecule has 0 unspecified atom stereocenters. The maximum Gasteiger partial charge on any atom is 0.253 e. The third-order valence-corrected chi connectivity index (χ3v) is 4.40. The molecule has 0 aliphatic rings. The van der Waals surface area contributed by atoms with Crippen LogP contribution in [0.25, 0.3) is 21.8 Å². The zero-order valence-electron chi connectivity index (χ0n) is 13.1. The highest BCUT2D eigenvalue weighted by molar-refractivity contribution is 9.10. The summed E-state index contributed by atoms with van der Waals surface area (Å²) >= 11 is 3.43. The lowest BCUT2D eigenvalue weighted by atomic mass is 9.98. The minimum absolute atomic E-state index is 0.208. The molecule has 6 nitrogen and oxygen atoms in total. The number of hydrogen-bond acceptors (Lipinski definition) is 5. The van der Waals surface area contributed by atoms with Crippen LogP contribution in [0.3, 0.4) is 0 Å². The smallest absolute Gasteiger partial charge is 0.253 e. The van der Waals surface area contributed by atoms with Gasteiger partial charge in [0.2, 0.25) is 0 Å². The standard InChI is InChI=1S/C17H18BrN5O/c1-2-22-17(24)11-6-5-10(16(20)21)13-14(19)9-4-3-8(18)7-12(9)23-15(11)13/h3-7,16H,2,20-21H2,1H3,(H2,19,23)(H,22,24). The fraction of sp³-hybridized carbons (Fsp3) is 0.176. The lowest BCUT2D eigenvalue weighted by Crippen LogP contribution is -2.25. The summed E-state index contributed by atoms with van der Waals surface area (Å²) < 4.78 is 0.882. The molecule has 7 heteroatoms. The lowest BCUT2D eigenvalue weighted by Gasteiger charge is -2.16. The van der Waals surface area contributed by atoms with Gasteiger partial charge in [0.1, 0.15) is 0 Å². The Morgan fingerprint density at radius 2 is 2.04 bits per heavy atom. The van der Waals surface area contributed by atoms with Crippen LogP contribution in [-0.4, -0.2) is 17.4 Å². The number of nitrogen functional groups attached to an aromatic ring is 1. The molecule has 3 aromatic rings. The van der Waals surface area contributed by atoms with Gasteiger partial charge in [-0.25, -0.2) is 4.98 Å². The van der Waals surface area contributed by atoms with Gasteiger partial charge in [-0.05, 0) is 36.8 Å². The summed E-state index contributed by atoms with van der Waals surface area (Å²) in [6.45, 7) is 2.38. The first-order chi connectivity index (χ1) is 11.4. The number of benzene rings is 2. The Morgan fingerprint density at radius 1 is 1.29 bits per heavy atom. The zero-order chi connectivity index (χ0) is 17.4. The van der Waals surface area contributed by atoms with Crippen molar-refractivity contribution in [2.75, 3.05) is 12.3 Å². The molecule has 1 heterocycles. The third kappa shape index (κ3) is 2.71. The molecule has 0 aliphatic carbocycles. The number of halogens is 1. The number of nitrogens with one attached hydrogen (secondary N) is 1. The van der Waals surface area contributed by atoms with Gasteiger partial charge in [0, 0.05) is 21.8 Å². The van der Waals surface area contributed by atoms with Crippen molar-refractivity contribution >= 4 is 49.3 Å². The average molecular weight is 388 g/mol. The molecule has 0 atom stereocenters. The van der Waals surface area contributed by atoms with Gasteiger partial charge in [-0.3, -0.25) is 4.79 Å². The van der Waals surface area contributed by atoms with Gasteiger partial charge in [0.25, 0.3) is 5.91 Å². The fourth-order valence-electron chi connectivity index (χ4n) is 2.80. The van der Waals surface area contributed by atoms with E-state index in [4.69, 9.17) is 17.2 Å². The van der Waals surface area contributed by atoms with Crippen LogP contribution < -0.4 is 22.5 Å². The summed E-state index contributed by atoms with van der Waals surface area (Å²) in [5.74, 6) is -0.208. The Hall–Kier alpha value is -2.22. The largest absolute Gasteiger partial charge is 0.398 e. The molecule has 7 N–H and O–H groups in total. The highest BCUT2D eigenvalue weighted by Gasteiger charge is 2.19. The van der Waals surface area contributed by atoms with E-state index < -0.39 is 6.17 Å². The van der Waals surface area contributed by atoms with Crippen LogP contribution in [0.1, 0.15) is 29.0 Å². The zero-order valence-corrected chi connectivity index (χ0v) is 14.7. The molecule has 0 radical (unpaired) electrons. The van der Waals surface area contributed by atoms with Crippen LogP contribution in [0.4, 0.5) is 5.69 Å². The predicted molar refractivity (Wildman–Crippen MR) is 100 cm³/mol. The van der Waals surface area contributed by atoms with Gasteiger partial charge in [0.05, 0.1) is 28.5 Å². The maximum absolute atomic E-state index is 12.4. The molecule has 1 aromatic heterocycles. The van der Waals surface area contributed by atoms with Crippen molar-refractivity contribution in [3.05, 3.63) is 45.9 Å². The quantitative estimate of drug-likeness (QED) is 0.406. The molecular formula is C17H18BrN5O. The number of carbonyl (C=O) groups is 1. The predicted octanol–water partition coefficient (Wildman–Crippen LogP) is 2.40. The van der Waals surface area contributed by atoms with E-state index in [1.165, 1.54) is 0 Å². The molecule has 1 amide bonds. The lowest BCUT2D eigenvalue weighted by molar-refractivity contribution is 0.0957. The Kier molecular flexibility index (Phi) is 4.40. The first-order valence-electron chi connectivity index (χ1n) is 7.54. The van der Waals surface area contributed by atoms with Crippen molar-refractivity contribution in [1.29, 1.82) is 0 Å². The number of aromatic nitrogens is 1. The van der Waals surface area contributed by atoms with Gasteiger partial charge in [-0.1, -0.05) is 22.0 Å².